The number of amides is 2. The van der Waals surface area contributed by atoms with E-state index in [1.165, 1.54) is 18.2 Å². The third-order valence-electron chi connectivity index (χ3n) is 4.01. The Balaban J connectivity index is 2.21. The monoisotopic (exact) mass is 304 g/mol. The van der Waals surface area contributed by atoms with Gasteiger partial charge in [0.1, 0.15) is 12.3 Å². The van der Waals surface area contributed by atoms with Gasteiger partial charge in [-0.25, -0.2) is 0 Å². The van der Waals surface area contributed by atoms with Crippen LogP contribution in [-0.4, -0.2) is 43.5 Å². The molecule has 120 valence electrons. The van der Waals surface area contributed by atoms with Crippen molar-refractivity contribution >= 4 is 17.5 Å². The molecule has 2 amide bonds. The summed E-state index contributed by atoms with van der Waals surface area (Å²) >= 11 is 0. The van der Waals surface area contributed by atoms with E-state index < -0.39 is 0 Å². The van der Waals surface area contributed by atoms with Gasteiger partial charge in [0.25, 0.3) is 0 Å². The molecule has 0 unspecified atom stereocenters. The van der Waals surface area contributed by atoms with Gasteiger partial charge < -0.3 is 9.64 Å². The molecule has 1 aromatic rings. The predicted molar refractivity (Wildman–Crippen MR) is 86.2 cm³/mol. The zero-order valence-electron chi connectivity index (χ0n) is 13.6. The van der Waals surface area contributed by atoms with E-state index in [9.17, 15) is 9.59 Å². The van der Waals surface area contributed by atoms with Crippen LogP contribution in [0.15, 0.2) is 18.2 Å². The number of anilines is 1. The smallest absolute Gasteiger partial charge is 0.242 e. The summed E-state index contributed by atoms with van der Waals surface area (Å²) in [5, 5.41) is 0. The van der Waals surface area contributed by atoms with Crippen molar-refractivity contribution in [2.75, 3.05) is 31.6 Å². The Kier molecular flexibility index (Phi) is 5.41. The van der Waals surface area contributed by atoms with E-state index in [1.54, 1.807) is 7.11 Å². The van der Waals surface area contributed by atoms with Gasteiger partial charge in [0.05, 0.1) is 12.8 Å². The lowest BCUT2D eigenvalue weighted by atomic mass is 10.1. The maximum absolute atomic E-state index is 12.5. The molecule has 1 fully saturated rings. The van der Waals surface area contributed by atoms with Crippen LogP contribution >= 0.6 is 0 Å². The number of likely N-dealkylation sites (tertiary alicyclic amines) is 1. The van der Waals surface area contributed by atoms with Gasteiger partial charge in [-0.3, -0.25) is 14.5 Å². The molecule has 0 N–H and O–H groups in total. The maximum Gasteiger partial charge on any atom is 0.242 e. The van der Waals surface area contributed by atoms with Crippen LogP contribution in [0.2, 0.25) is 0 Å². The summed E-state index contributed by atoms with van der Waals surface area (Å²) in [4.78, 5) is 27.9. The Morgan fingerprint density at radius 1 is 1.23 bits per heavy atom. The number of ether oxygens (including phenoxy) is 1. The molecule has 0 radical (unpaired) electrons. The van der Waals surface area contributed by atoms with Gasteiger partial charge in [-0.05, 0) is 43.9 Å². The average Bonchev–Trinajstić information content (AvgIpc) is 2.53. The van der Waals surface area contributed by atoms with E-state index in [1.807, 2.05) is 30.0 Å². The molecule has 1 heterocycles. The Bertz CT molecular complexity index is 551. The molecule has 0 saturated carbocycles. The number of carbonyl (C=O) groups excluding carboxylic acids is 2. The second-order valence-corrected chi connectivity index (χ2v) is 5.72. The van der Waals surface area contributed by atoms with Crippen molar-refractivity contribution in [1.29, 1.82) is 0 Å². The van der Waals surface area contributed by atoms with Gasteiger partial charge in [-0.1, -0.05) is 6.07 Å². The Morgan fingerprint density at radius 2 is 1.91 bits per heavy atom. The van der Waals surface area contributed by atoms with Crippen LogP contribution in [0.25, 0.3) is 0 Å². The highest BCUT2D eigenvalue weighted by atomic mass is 16.5. The summed E-state index contributed by atoms with van der Waals surface area (Å²) in [5.74, 6) is 0.444. The number of methoxy groups -OCH3 is 1. The number of benzene rings is 1. The summed E-state index contributed by atoms with van der Waals surface area (Å²) in [6.07, 6.45) is 3.26. The number of aryl methyl sites for hydroxylation is 1. The Morgan fingerprint density at radius 3 is 2.50 bits per heavy atom. The van der Waals surface area contributed by atoms with Gasteiger partial charge in [-0.15, -0.1) is 0 Å². The lowest BCUT2D eigenvalue weighted by Crippen LogP contribution is -2.44. The highest BCUT2D eigenvalue weighted by Crippen LogP contribution is 2.29. The Hall–Kier alpha value is -2.04. The largest absolute Gasteiger partial charge is 0.495 e. The lowest BCUT2D eigenvalue weighted by molar-refractivity contribution is -0.132. The van der Waals surface area contributed by atoms with Gasteiger partial charge in [0.2, 0.25) is 11.8 Å². The molecule has 0 bridgehead atoms. The molecule has 22 heavy (non-hydrogen) atoms. The van der Waals surface area contributed by atoms with E-state index in [-0.39, 0.29) is 18.4 Å². The molecular weight excluding hydrogens is 280 g/mol. The molecule has 2 rings (SSSR count). The molecule has 0 aliphatic carbocycles. The van der Waals surface area contributed by atoms with Crippen LogP contribution in [0, 0.1) is 6.92 Å². The minimum atomic E-state index is -0.158. The van der Waals surface area contributed by atoms with Gasteiger partial charge in [0, 0.05) is 20.0 Å². The molecular formula is C17H24N2O3. The molecule has 0 atom stereocenters. The van der Waals surface area contributed by atoms with Crippen molar-refractivity contribution in [2.45, 2.75) is 33.1 Å². The normalized spacial score (nSPS) is 14.6. The number of carbonyl (C=O) groups is 2. The van der Waals surface area contributed by atoms with Crippen molar-refractivity contribution in [3.63, 3.8) is 0 Å². The van der Waals surface area contributed by atoms with E-state index in [0.717, 1.165) is 31.5 Å². The molecule has 5 nitrogen and oxygen atoms in total. The first kappa shape index (κ1) is 16.3. The highest BCUT2D eigenvalue weighted by Gasteiger charge is 2.23. The fourth-order valence-corrected chi connectivity index (χ4v) is 2.76. The minimum Gasteiger partial charge on any atom is -0.495 e. The second kappa shape index (κ2) is 7.29. The van der Waals surface area contributed by atoms with Crippen molar-refractivity contribution in [2.24, 2.45) is 0 Å². The number of rotatable bonds is 4. The molecule has 5 heteroatoms. The first-order valence-corrected chi connectivity index (χ1v) is 7.73. The number of hydrogen-bond donors (Lipinski definition) is 0. The number of piperidine rings is 1. The average molecular weight is 304 g/mol. The first-order chi connectivity index (χ1) is 10.5. The number of nitrogens with zero attached hydrogens (tertiary/aromatic N) is 2. The molecule has 1 aromatic carbocycles. The van der Waals surface area contributed by atoms with Crippen molar-refractivity contribution in [1.82, 2.24) is 4.90 Å². The molecule has 1 aliphatic rings. The van der Waals surface area contributed by atoms with Crippen LogP contribution in [-0.2, 0) is 9.59 Å². The van der Waals surface area contributed by atoms with Crippen LogP contribution in [0.4, 0.5) is 5.69 Å². The van der Waals surface area contributed by atoms with Crippen LogP contribution in [0.5, 0.6) is 5.75 Å². The summed E-state index contributed by atoms with van der Waals surface area (Å²) < 4.78 is 5.34. The molecule has 1 aliphatic heterocycles. The van der Waals surface area contributed by atoms with Crippen molar-refractivity contribution in [3.8, 4) is 5.75 Å². The summed E-state index contributed by atoms with van der Waals surface area (Å²) in [6.45, 7) is 5.07. The van der Waals surface area contributed by atoms with Gasteiger partial charge in [-0.2, -0.15) is 0 Å². The lowest BCUT2D eigenvalue weighted by Gasteiger charge is -2.30. The van der Waals surface area contributed by atoms with Crippen molar-refractivity contribution in [3.05, 3.63) is 23.8 Å². The van der Waals surface area contributed by atoms with E-state index in [4.69, 9.17) is 4.74 Å². The minimum absolute atomic E-state index is 0.00143. The molecule has 1 saturated heterocycles. The maximum atomic E-state index is 12.5. The summed E-state index contributed by atoms with van der Waals surface area (Å²) in [6, 6.07) is 5.63. The van der Waals surface area contributed by atoms with Crippen LogP contribution < -0.4 is 9.64 Å². The fraction of sp³-hybridized carbons (Fsp3) is 0.529. The van der Waals surface area contributed by atoms with Crippen LogP contribution in [0.3, 0.4) is 0 Å². The quantitative estimate of drug-likeness (QED) is 0.858. The second-order valence-electron chi connectivity index (χ2n) is 5.72. The highest BCUT2D eigenvalue weighted by molar-refractivity contribution is 5.98. The summed E-state index contributed by atoms with van der Waals surface area (Å²) in [7, 11) is 1.57. The SMILES string of the molecule is COc1ccc(C)cc1N(CC(=O)N1CCCCC1)C(C)=O. The third kappa shape index (κ3) is 3.78. The van der Waals surface area contributed by atoms with E-state index in [0.29, 0.717) is 11.4 Å². The topological polar surface area (TPSA) is 49.9 Å². The van der Waals surface area contributed by atoms with Crippen LogP contribution in [0.1, 0.15) is 31.7 Å². The standard InChI is InChI=1S/C17H24N2O3/c1-13-7-8-16(22-3)15(11-13)19(14(2)20)12-17(21)18-9-5-4-6-10-18/h7-8,11H,4-6,9-10,12H2,1-3H3. The molecule has 0 aromatic heterocycles. The first-order valence-electron chi connectivity index (χ1n) is 7.73. The number of hydrogen-bond acceptors (Lipinski definition) is 3. The van der Waals surface area contributed by atoms with Gasteiger partial charge in [0.15, 0.2) is 0 Å². The van der Waals surface area contributed by atoms with E-state index >= 15 is 0 Å². The van der Waals surface area contributed by atoms with Crippen molar-refractivity contribution < 1.29 is 14.3 Å². The predicted octanol–water partition coefficient (Wildman–Crippen LogP) is 2.37. The third-order valence-corrected chi connectivity index (χ3v) is 4.01. The van der Waals surface area contributed by atoms with Gasteiger partial charge >= 0.3 is 0 Å². The zero-order valence-corrected chi connectivity index (χ0v) is 13.6. The fourth-order valence-electron chi connectivity index (χ4n) is 2.76. The zero-order chi connectivity index (χ0) is 16.1. The molecule has 0 spiro atoms. The summed E-state index contributed by atoms with van der Waals surface area (Å²) in [5.41, 5.74) is 1.67. The van der Waals surface area contributed by atoms with E-state index in [2.05, 4.69) is 0 Å². The Labute approximate surface area is 131 Å².